The Kier molecular flexibility index (Phi) is 5.85. The zero-order valence-electron chi connectivity index (χ0n) is 18.0. The van der Waals surface area contributed by atoms with E-state index in [0.717, 1.165) is 16.7 Å². The van der Waals surface area contributed by atoms with Gasteiger partial charge < -0.3 is 5.32 Å². The minimum absolute atomic E-state index is 0.0527. The van der Waals surface area contributed by atoms with E-state index in [2.05, 4.69) is 5.32 Å². The number of halogens is 2. The molecule has 1 N–H and O–H groups in total. The largest absolute Gasteiger partial charge is 0.350 e. The van der Waals surface area contributed by atoms with Crippen LogP contribution in [0.3, 0.4) is 0 Å². The van der Waals surface area contributed by atoms with Crippen LogP contribution in [0.2, 0.25) is 5.02 Å². The molecule has 0 unspecified atom stereocenters. The summed E-state index contributed by atoms with van der Waals surface area (Å²) in [4.78, 5) is 28.1. The van der Waals surface area contributed by atoms with E-state index in [0.29, 0.717) is 27.4 Å². The van der Waals surface area contributed by atoms with Crippen molar-refractivity contribution < 1.29 is 14.0 Å². The molecule has 1 aliphatic heterocycles. The first-order chi connectivity index (χ1) is 15.2. The van der Waals surface area contributed by atoms with Crippen LogP contribution in [-0.2, 0) is 16.1 Å². The molecule has 0 aromatic heterocycles. The fourth-order valence-electron chi connectivity index (χ4n) is 3.85. The number of rotatable bonds is 5. The van der Waals surface area contributed by atoms with Crippen LogP contribution in [0.25, 0.3) is 5.57 Å². The average molecular weight is 449 g/mol. The lowest BCUT2D eigenvalue weighted by molar-refractivity contribution is -0.137. The number of amides is 2. The van der Waals surface area contributed by atoms with Crippen molar-refractivity contribution >= 4 is 34.7 Å². The topological polar surface area (TPSA) is 49.4 Å². The number of carbonyl (C=O) groups is 2. The molecule has 2 amide bonds. The molecular formula is C26H22ClFN2O2. The first kappa shape index (κ1) is 21.8. The van der Waals surface area contributed by atoms with Crippen molar-refractivity contribution in [2.45, 2.75) is 27.3 Å². The van der Waals surface area contributed by atoms with Gasteiger partial charge in [0.2, 0.25) is 0 Å². The van der Waals surface area contributed by atoms with Crippen LogP contribution in [0.15, 0.2) is 66.4 Å². The van der Waals surface area contributed by atoms with Gasteiger partial charge in [0.15, 0.2) is 0 Å². The van der Waals surface area contributed by atoms with Crippen LogP contribution in [0.1, 0.15) is 27.8 Å². The van der Waals surface area contributed by atoms with E-state index in [9.17, 15) is 14.0 Å². The summed E-state index contributed by atoms with van der Waals surface area (Å²) in [6, 6.07) is 16.8. The molecule has 0 fully saturated rings. The lowest BCUT2D eigenvalue weighted by Gasteiger charge is -2.16. The van der Waals surface area contributed by atoms with Gasteiger partial charge in [-0.05, 0) is 73.4 Å². The van der Waals surface area contributed by atoms with Gasteiger partial charge in [0.25, 0.3) is 11.8 Å². The molecule has 0 spiro atoms. The van der Waals surface area contributed by atoms with Gasteiger partial charge in [0.1, 0.15) is 11.5 Å². The van der Waals surface area contributed by atoms with Crippen LogP contribution in [0, 0.1) is 26.6 Å². The van der Waals surface area contributed by atoms with Gasteiger partial charge in [-0.25, -0.2) is 4.39 Å². The van der Waals surface area contributed by atoms with Gasteiger partial charge in [0.05, 0.1) is 12.1 Å². The minimum Gasteiger partial charge on any atom is -0.350 e. The number of nitrogens with one attached hydrogen (secondary N) is 1. The molecule has 32 heavy (non-hydrogen) atoms. The maximum Gasteiger partial charge on any atom is 0.278 e. The van der Waals surface area contributed by atoms with Gasteiger partial charge in [0, 0.05) is 10.7 Å². The summed E-state index contributed by atoms with van der Waals surface area (Å²) in [5.41, 5.74) is 5.41. The van der Waals surface area contributed by atoms with E-state index < -0.39 is 5.91 Å². The van der Waals surface area contributed by atoms with Crippen molar-refractivity contribution in [3.63, 3.8) is 0 Å². The van der Waals surface area contributed by atoms with Crippen LogP contribution in [-0.4, -0.2) is 16.7 Å². The molecule has 0 bridgehead atoms. The highest BCUT2D eigenvalue weighted by molar-refractivity contribution is 6.36. The molecule has 162 valence electrons. The Balaban J connectivity index is 1.79. The molecule has 4 rings (SSSR count). The van der Waals surface area contributed by atoms with Crippen molar-refractivity contribution in [3.05, 3.63) is 105 Å². The van der Waals surface area contributed by atoms with Gasteiger partial charge in [-0.1, -0.05) is 47.5 Å². The molecular weight excluding hydrogens is 427 g/mol. The molecule has 6 heteroatoms. The van der Waals surface area contributed by atoms with Gasteiger partial charge >= 0.3 is 0 Å². The number of anilines is 1. The number of carbonyl (C=O) groups excluding carboxylic acids is 2. The van der Waals surface area contributed by atoms with E-state index in [4.69, 9.17) is 11.6 Å². The highest BCUT2D eigenvalue weighted by atomic mass is 35.5. The summed E-state index contributed by atoms with van der Waals surface area (Å²) in [6.45, 7) is 5.82. The summed E-state index contributed by atoms with van der Waals surface area (Å²) >= 11 is 6.07. The number of hydrogen-bond acceptors (Lipinski definition) is 3. The Morgan fingerprint density at radius 2 is 1.59 bits per heavy atom. The summed E-state index contributed by atoms with van der Waals surface area (Å²) in [6.07, 6.45) is 0. The van der Waals surface area contributed by atoms with Gasteiger partial charge in [-0.3, -0.25) is 14.5 Å². The fourth-order valence-corrected chi connectivity index (χ4v) is 4.08. The monoisotopic (exact) mass is 448 g/mol. The quantitative estimate of drug-likeness (QED) is 0.502. The Morgan fingerprint density at radius 3 is 2.25 bits per heavy atom. The molecule has 1 heterocycles. The first-order valence-electron chi connectivity index (χ1n) is 10.2. The highest BCUT2D eigenvalue weighted by Crippen LogP contribution is 2.34. The number of benzene rings is 3. The van der Waals surface area contributed by atoms with Crippen molar-refractivity contribution in [2.24, 2.45) is 0 Å². The smallest absolute Gasteiger partial charge is 0.278 e. The molecule has 3 aromatic rings. The predicted octanol–water partition coefficient (Wildman–Crippen LogP) is 5.80. The Bertz CT molecular complexity index is 1270. The second-order valence-corrected chi connectivity index (χ2v) is 8.41. The molecule has 0 saturated heterocycles. The van der Waals surface area contributed by atoms with Crippen LogP contribution in [0.5, 0.6) is 0 Å². The molecule has 1 aliphatic rings. The standard InChI is InChI=1S/C26H22ClFN2O2/c1-15-4-10-21(16(2)12-15)23-24(29-22-11-7-19(27)13-17(22)3)26(32)30(25(23)31)14-18-5-8-20(28)9-6-18/h4-13,29H,14H2,1-3H3. The summed E-state index contributed by atoms with van der Waals surface area (Å²) in [5, 5.41) is 3.77. The Hall–Kier alpha value is -3.44. The third kappa shape index (κ3) is 4.16. The van der Waals surface area contributed by atoms with Gasteiger partial charge in [-0.2, -0.15) is 0 Å². The van der Waals surface area contributed by atoms with E-state index in [-0.39, 0.29) is 24.0 Å². The number of imide groups is 1. The molecule has 0 radical (unpaired) electrons. The van der Waals surface area contributed by atoms with Crippen LogP contribution < -0.4 is 5.32 Å². The normalized spacial score (nSPS) is 13.8. The first-order valence-corrected chi connectivity index (χ1v) is 10.6. The number of aryl methyl sites for hydroxylation is 3. The van der Waals surface area contributed by atoms with Crippen LogP contribution in [0.4, 0.5) is 10.1 Å². The van der Waals surface area contributed by atoms with Crippen molar-refractivity contribution in [1.29, 1.82) is 0 Å². The van der Waals surface area contributed by atoms with Crippen molar-refractivity contribution in [2.75, 3.05) is 5.32 Å². The summed E-state index contributed by atoms with van der Waals surface area (Å²) in [7, 11) is 0. The SMILES string of the molecule is Cc1ccc(C2=C(Nc3ccc(Cl)cc3C)C(=O)N(Cc3ccc(F)cc3)C2=O)c(C)c1. The number of nitrogens with zero attached hydrogens (tertiary/aromatic N) is 1. The predicted molar refractivity (Wildman–Crippen MR) is 125 cm³/mol. The zero-order chi connectivity index (χ0) is 23.0. The highest BCUT2D eigenvalue weighted by Gasteiger charge is 2.39. The number of hydrogen-bond donors (Lipinski definition) is 1. The lowest BCUT2D eigenvalue weighted by Crippen LogP contribution is -2.32. The second-order valence-electron chi connectivity index (χ2n) is 7.98. The Morgan fingerprint density at radius 1 is 0.875 bits per heavy atom. The maximum atomic E-state index is 13.5. The van der Waals surface area contributed by atoms with E-state index in [1.54, 1.807) is 30.3 Å². The lowest BCUT2D eigenvalue weighted by atomic mass is 9.97. The third-order valence-corrected chi connectivity index (χ3v) is 5.76. The van der Waals surface area contributed by atoms with Crippen molar-refractivity contribution in [3.8, 4) is 0 Å². The van der Waals surface area contributed by atoms with E-state index in [1.807, 2.05) is 39.0 Å². The second kappa shape index (κ2) is 8.60. The molecule has 0 atom stereocenters. The maximum absolute atomic E-state index is 13.5. The molecule has 0 aliphatic carbocycles. The fraction of sp³-hybridized carbons (Fsp3) is 0.154. The molecule has 3 aromatic carbocycles. The minimum atomic E-state index is -0.427. The van der Waals surface area contributed by atoms with E-state index >= 15 is 0 Å². The third-order valence-electron chi connectivity index (χ3n) is 5.52. The summed E-state index contributed by atoms with van der Waals surface area (Å²) in [5.74, 6) is -1.19. The van der Waals surface area contributed by atoms with E-state index in [1.165, 1.54) is 17.0 Å². The van der Waals surface area contributed by atoms with Gasteiger partial charge in [-0.15, -0.1) is 0 Å². The summed E-state index contributed by atoms with van der Waals surface area (Å²) < 4.78 is 13.3. The van der Waals surface area contributed by atoms with Crippen LogP contribution >= 0.6 is 11.6 Å². The molecule has 0 saturated carbocycles. The zero-order valence-corrected chi connectivity index (χ0v) is 18.8. The van der Waals surface area contributed by atoms with Crippen molar-refractivity contribution in [1.82, 2.24) is 4.90 Å². The average Bonchev–Trinajstić information content (AvgIpc) is 2.96. The Labute approximate surface area is 191 Å². The molecule has 4 nitrogen and oxygen atoms in total.